The van der Waals surface area contributed by atoms with Gasteiger partial charge in [-0.25, -0.2) is 0 Å². The molecule has 0 aliphatic heterocycles. The van der Waals surface area contributed by atoms with Crippen LogP contribution in [0.2, 0.25) is 0 Å². The Labute approximate surface area is 158 Å². The van der Waals surface area contributed by atoms with Gasteiger partial charge >= 0.3 is 0 Å². The van der Waals surface area contributed by atoms with Crippen LogP contribution in [0.15, 0.2) is 48.7 Å². The second-order valence-corrected chi connectivity index (χ2v) is 6.19. The number of rotatable bonds is 8. The van der Waals surface area contributed by atoms with Gasteiger partial charge in [0, 0.05) is 25.2 Å². The summed E-state index contributed by atoms with van der Waals surface area (Å²) in [5, 5.41) is 3.88. The molecule has 0 aliphatic rings. The molecule has 0 atom stereocenters. The monoisotopic (exact) mass is 368 g/mol. The number of amides is 1. The number of aromatic nitrogens is 1. The molecule has 0 saturated heterocycles. The summed E-state index contributed by atoms with van der Waals surface area (Å²) in [6.07, 6.45) is 2.67. The number of hydrogen-bond acceptors (Lipinski definition) is 4. The SMILES string of the molecule is COc1ccc(CCNC(=O)COc2cccc3c2ccn3C)cc1OC. The summed E-state index contributed by atoms with van der Waals surface area (Å²) in [5.74, 6) is 1.93. The van der Waals surface area contributed by atoms with Gasteiger partial charge in [-0.05, 0) is 42.3 Å². The highest BCUT2D eigenvalue weighted by Crippen LogP contribution is 2.28. The second kappa shape index (κ2) is 8.49. The summed E-state index contributed by atoms with van der Waals surface area (Å²) < 4.78 is 18.2. The van der Waals surface area contributed by atoms with Gasteiger partial charge in [0.25, 0.3) is 5.91 Å². The minimum atomic E-state index is -0.150. The van der Waals surface area contributed by atoms with Gasteiger partial charge in [0.2, 0.25) is 0 Å². The molecule has 1 heterocycles. The predicted molar refractivity (Wildman–Crippen MR) is 105 cm³/mol. The Morgan fingerprint density at radius 3 is 2.63 bits per heavy atom. The summed E-state index contributed by atoms with van der Waals surface area (Å²) in [7, 11) is 5.19. The maximum atomic E-state index is 12.1. The molecule has 0 spiro atoms. The van der Waals surface area contributed by atoms with Gasteiger partial charge < -0.3 is 24.1 Å². The zero-order chi connectivity index (χ0) is 19.2. The van der Waals surface area contributed by atoms with Gasteiger partial charge in [-0.1, -0.05) is 12.1 Å². The van der Waals surface area contributed by atoms with Crippen molar-refractivity contribution in [2.45, 2.75) is 6.42 Å². The molecule has 2 aromatic carbocycles. The van der Waals surface area contributed by atoms with E-state index in [0.29, 0.717) is 30.2 Å². The highest BCUT2D eigenvalue weighted by molar-refractivity contribution is 5.87. The zero-order valence-electron chi connectivity index (χ0n) is 15.8. The first-order valence-corrected chi connectivity index (χ1v) is 8.77. The molecule has 1 aromatic heterocycles. The van der Waals surface area contributed by atoms with Crippen LogP contribution >= 0.6 is 0 Å². The lowest BCUT2D eigenvalue weighted by Crippen LogP contribution is -2.30. The first-order chi connectivity index (χ1) is 13.1. The quantitative estimate of drug-likeness (QED) is 0.664. The molecule has 0 unspecified atom stereocenters. The molecule has 1 amide bonds. The van der Waals surface area contributed by atoms with E-state index < -0.39 is 0 Å². The van der Waals surface area contributed by atoms with Crippen LogP contribution in [-0.4, -0.2) is 37.8 Å². The molecule has 3 rings (SSSR count). The molecule has 0 aliphatic carbocycles. The summed E-state index contributed by atoms with van der Waals surface area (Å²) >= 11 is 0. The first kappa shape index (κ1) is 18.6. The molecule has 6 heteroatoms. The minimum Gasteiger partial charge on any atom is -0.493 e. The lowest BCUT2D eigenvalue weighted by atomic mass is 10.1. The van der Waals surface area contributed by atoms with Crippen LogP contribution in [0.3, 0.4) is 0 Å². The Morgan fingerprint density at radius 2 is 1.85 bits per heavy atom. The number of fused-ring (bicyclic) bond motifs is 1. The summed E-state index contributed by atoms with van der Waals surface area (Å²) in [6, 6.07) is 13.5. The van der Waals surface area contributed by atoms with Crippen molar-refractivity contribution in [3.63, 3.8) is 0 Å². The van der Waals surface area contributed by atoms with Gasteiger partial charge in [0.05, 0.1) is 19.7 Å². The lowest BCUT2D eigenvalue weighted by molar-refractivity contribution is -0.123. The van der Waals surface area contributed by atoms with Crippen molar-refractivity contribution in [3.05, 3.63) is 54.2 Å². The number of benzene rings is 2. The topological polar surface area (TPSA) is 61.7 Å². The summed E-state index contributed by atoms with van der Waals surface area (Å²) in [6.45, 7) is 0.507. The number of aryl methyl sites for hydroxylation is 1. The van der Waals surface area contributed by atoms with E-state index in [0.717, 1.165) is 16.5 Å². The Balaban J connectivity index is 1.50. The highest BCUT2D eigenvalue weighted by atomic mass is 16.5. The fourth-order valence-corrected chi connectivity index (χ4v) is 2.98. The fourth-order valence-electron chi connectivity index (χ4n) is 2.98. The van der Waals surface area contributed by atoms with Crippen LogP contribution in [0.25, 0.3) is 10.9 Å². The summed E-state index contributed by atoms with van der Waals surface area (Å²) in [5.41, 5.74) is 2.13. The molecule has 6 nitrogen and oxygen atoms in total. The van der Waals surface area contributed by atoms with Gasteiger partial charge in [-0.15, -0.1) is 0 Å². The van der Waals surface area contributed by atoms with Crippen LogP contribution < -0.4 is 19.5 Å². The maximum Gasteiger partial charge on any atom is 0.257 e. The van der Waals surface area contributed by atoms with Crippen LogP contribution in [0.1, 0.15) is 5.56 Å². The van der Waals surface area contributed by atoms with Crippen LogP contribution in [-0.2, 0) is 18.3 Å². The third kappa shape index (κ3) is 4.34. The van der Waals surface area contributed by atoms with E-state index in [1.807, 2.05) is 60.3 Å². The van der Waals surface area contributed by atoms with Crippen molar-refractivity contribution < 1.29 is 19.0 Å². The molecular weight excluding hydrogens is 344 g/mol. The normalized spacial score (nSPS) is 10.6. The van der Waals surface area contributed by atoms with Gasteiger partial charge in [0.1, 0.15) is 5.75 Å². The Kier molecular flexibility index (Phi) is 5.86. The van der Waals surface area contributed by atoms with Crippen molar-refractivity contribution >= 4 is 16.8 Å². The van der Waals surface area contributed by atoms with E-state index in [-0.39, 0.29) is 12.5 Å². The Morgan fingerprint density at radius 1 is 1.04 bits per heavy atom. The molecule has 0 saturated carbocycles. The van der Waals surface area contributed by atoms with Crippen molar-refractivity contribution in [1.82, 2.24) is 9.88 Å². The predicted octanol–water partition coefficient (Wildman–Crippen LogP) is 2.93. The molecule has 1 N–H and O–H groups in total. The Hall–Kier alpha value is -3.15. The van der Waals surface area contributed by atoms with Crippen LogP contribution in [0.5, 0.6) is 17.2 Å². The molecule has 0 fully saturated rings. The number of carbonyl (C=O) groups excluding carboxylic acids is 1. The van der Waals surface area contributed by atoms with Crippen molar-refractivity contribution in [1.29, 1.82) is 0 Å². The largest absolute Gasteiger partial charge is 0.493 e. The number of carbonyl (C=O) groups is 1. The number of methoxy groups -OCH3 is 2. The molecule has 3 aromatic rings. The molecular formula is C21H24N2O4. The third-order valence-corrected chi connectivity index (χ3v) is 4.43. The smallest absolute Gasteiger partial charge is 0.257 e. The van der Waals surface area contributed by atoms with E-state index in [1.54, 1.807) is 14.2 Å². The lowest BCUT2D eigenvalue weighted by Gasteiger charge is -2.11. The van der Waals surface area contributed by atoms with Crippen LogP contribution in [0, 0.1) is 0 Å². The number of hydrogen-bond donors (Lipinski definition) is 1. The minimum absolute atomic E-state index is 0.0139. The third-order valence-electron chi connectivity index (χ3n) is 4.43. The van der Waals surface area contributed by atoms with Crippen molar-refractivity contribution in [2.24, 2.45) is 7.05 Å². The molecule has 27 heavy (non-hydrogen) atoms. The number of ether oxygens (including phenoxy) is 3. The van der Waals surface area contributed by atoms with Crippen molar-refractivity contribution in [3.8, 4) is 17.2 Å². The van der Waals surface area contributed by atoms with Crippen LogP contribution in [0.4, 0.5) is 0 Å². The molecule has 142 valence electrons. The van der Waals surface area contributed by atoms with Crippen molar-refractivity contribution in [2.75, 3.05) is 27.4 Å². The fraction of sp³-hybridized carbons (Fsp3) is 0.286. The van der Waals surface area contributed by atoms with E-state index in [9.17, 15) is 4.79 Å². The Bertz CT molecular complexity index is 933. The number of nitrogens with zero attached hydrogens (tertiary/aromatic N) is 1. The second-order valence-electron chi connectivity index (χ2n) is 6.19. The van der Waals surface area contributed by atoms with E-state index in [1.165, 1.54) is 0 Å². The summed E-state index contributed by atoms with van der Waals surface area (Å²) in [4.78, 5) is 12.1. The van der Waals surface area contributed by atoms with E-state index in [4.69, 9.17) is 14.2 Å². The highest BCUT2D eigenvalue weighted by Gasteiger charge is 2.08. The van der Waals surface area contributed by atoms with E-state index in [2.05, 4.69) is 5.32 Å². The molecule has 0 bridgehead atoms. The standard InChI is InChI=1S/C21H24N2O4/c1-23-12-10-16-17(23)5-4-6-18(16)27-14-21(24)22-11-9-15-7-8-19(25-2)20(13-15)26-3/h4-8,10,12-13H,9,11,14H2,1-3H3,(H,22,24). The average Bonchev–Trinajstić information content (AvgIpc) is 3.08. The van der Waals surface area contributed by atoms with E-state index >= 15 is 0 Å². The van der Waals surface area contributed by atoms with Gasteiger partial charge in [-0.3, -0.25) is 4.79 Å². The number of nitrogens with one attached hydrogen (secondary N) is 1. The van der Waals surface area contributed by atoms with Gasteiger partial charge in [-0.2, -0.15) is 0 Å². The maximum absolute atomic E-state index is 12.1. The average molecular weight is 368 g/mol. The molecule has 0 radical (unpaired) electrons. The van der Waals surface area contributed by atoms with Gasteiger partial charge in [0.15, 0.2) is 18.1 Å². The first-order valence-electron chi connectivity index (χ1n) is 8.77. The zero-order valence-corrected chi connectivity index (χ0v) is 15.8.